The smallest absolute Gasteiger partial charge is 0.135 e. The Bertz CT molecular complexity index is 594. The highest BCUT2D eigenvalue weighted by atomic mass is 35.5. The summed E-state index contributed by atoms with van der Waals surface area (Å²) in [4.78, 5) is 8.85. The van der Waals surface area contributed by atoms with Crippen molar-refractivity contribution in [3.8, 4) is 0 Å². The number of halogens is 1. The van der Waals surface area contributed by atoms with Gasteiger partial charge in [0, 0.05) is 23.0 Å². The molecule has 1 heterocycles. The normalized spacial score (nSPS) is 10.8. The van der Waals surface area contributed by atoms with Gasteiger partial charge in [0.2, 0.25) is 0 Å². The van der Waals surface area contributed by atoms with Crippen LogP contribution in [0.4, 0.5) is 11.6 Å². The van der Waals surface area contributed by atoms with Gasteiger partial charge in [-0.2, -0.15) is 0 Å². The minimum atomic E-state index is 0.244. The van der Waals surface area contributed by atoms with Gasteiger partial charge in [0.25, 0.3) is 0 Å². The average molecular weight is 291 g/mol. The maximum atomic E-state index is 5.94. The summed E-state index contributed by atoms with van der Waals surface area (Å²) in [7, 11) is 0. The van der Waals surface area contributed by atoms with Crippen LogP contribution in [0.1, 0.15) is 36.7 Å². The molecule has 0 aliphatic carbocycles. The molecule has 106 valence electrons. The molecule has 0 saturated heterocycles. The lowest BCUT2D eigenvalue weighted by Crippen LogP contribution is -2.10. The summed E-state index contributed by atoms with van der Waals surface area (Å²) in [6.07, 6.45) is 0. The molecular formula is C15H19ClN4. The molecule has 2 rings (SSSR count). The number of nitrogen functional groups attached to an aromatic ring is 1. The van der Waals surface area contributed by atoms with E-state index in [4.69, 9.17) is 17.3 Å². The van der Waals surface area contributed by atoms with Gasteiger partial charge in [0.15, 0.2) is 0 Å². The number of nitrogens with one attached hydrogen (secondary N) is 1. The number of nitrogens with two attached hydrogens (primary N) is 1. The van der Waals surface area contributed by atoms with Crippen LogP contribution in [0, 0.1) is 6.92 Å². The van der Waals surface area contributed by atoms with E-state index in [2.05, 4.69) is 15.3 Å². The van der Waals surface area contributed by atoms with Gasteiger partial charge in [-0.25, -0.2) is 9.97 Å². The molecule has 0 fully saturated rings. The fourth-order valence-corrected chi connectivity index (χ4v) is 1.90. The van der Waals surface area contributed by atoms with Crippen LogP contribution in [0.15, 0.2) is 24.3 Å². The molecule has 0 atom stereocenters. The predicted molar refractivity (Wildman–Crippen MR) is 84.0 cm³/mol. The van der Waals surface area contributed by atoms with Gasteiger partial charge in [0.05, 0.1) is 0 Å². The van der Waals surface area contributed by atoms with E-state index in [9.17, 15) is 0 Å². The minimum absolute atomic E-state index is 0.244. The van der Waals surface area contributed by atoms with Crippen LogP contribution in [0.2, 0.25) is 5.02 Å². The SMILES string of the molecule is Cc1c(N)nc(C(C)C)nc1NCc1ccc(Cl)cc1. The van der Waals surface area contributed by atoms with Crippen molar-refractivity contribution < 1.29 is 0 Å². The summed E-state index contributed by atoms with van der Waals surface area (Å²) in [6, 6.07) is 7.72. The van der Waals surface area contributed by atoms with Gasteiger partial charge >= 0.3 is 0 Å². The second kappa shape index (κ2) is 6.09. The van der Waals surface area contributed by atoms with Gasteiger partial charge in [0.1, 0.15) is 17.5 Å². The highest BCUT2D eigenvalue weighted by molar-refractivity contribution is 6.30. The van der Waals surface area contributed by atoms with E-state index in [-0.39, 0.29) is 5.92 Å². The molecular weight excluding hydrogens is 272 g/mol. The van der Waals surface area contributed by atoms with Crippen molar-refractivity contribution in [2.75, 3.05) is 11.1 Å². The third kappa shape index (κ3) is 3.39. The molecule has 0 aliphatic rings. The summed E-state index contributed by atoms with van der Waals surface area (Å²) >= 11 is 5.87. The number of rotatable bonds is 4. The fourth-order valence-electron chi connectivity index (χ4n) is 1.77. The Hall–Kier alpha value is -1.81. The van der Waals surface area contributed by atoms with Crippen LogP contribution in [0.5, 0.6) is 0 Å². The van der Waals surface area contributed by atoms with Gasteiger partial charge in [-0.05, 0) is 24.6 Å². The third-order valence-corrected chi connectivity index (χ3v) is 3.34. The van der Waals surface area contributed by atoms with Gasteiger partial charge in [-0.3, -0.25) is 0 Å². The molecule has 0 radical (unpaired) electrons. The Kier molecular flexibility index (Phi) is 4.45. The van der Waals surface area contributed by atoms with Crippen LogP contribution >= 0.6 is 11.6 Å². The second-order valence-electron chi connectivity index (χ2n) is 5.08. The molecule has 20 heavy (non-hydrogen) atoms. The largest absolute Gasteiger partial charge is 0.383 e. The first-order chi connectivity index (χ1) is 9.47. The molecule has 5 heteroatoms. The molecule has 0 bridgehead atoms. The summed E-state index contributed by atoms with van der Waals surface area (Å²) in [5.41, 5.74) is 7.95. The van der Waals surface area contributed by atoms with E-state index < -0.39 is 0 Å². The molecule has 1 aromatic carbocycles. The first-order valence-electron chi connectivity index (χ1n) is 6.59. The molecule has 0 aliphatic heterocycles. The Morgan fingerprint density at radius 2 is 1.85 bits per heavy atom. The van der Waals surface area contributed by atoms with E-state index in [0.29, 0.717) is 12.4 Å². The summed E-state index contributed by atoms with van der Waals surface area (Å²) in [6.45, 7) is 6.69. The van der Waals surface area contributed by atoms with E-state index in [1.54, 1.807) is 0 Å². The molecule has 0 saturated carbocycles. The number of hydrogen-bond donors (Lipinski definition) is 2. The van der Waals surface area contributed by atoms with Crippen molar-refractivity contribution in [2.45, 2.75) is 33.2 Å². The Morgan fingerprint density at radius 3 is 2.45 bits per heavy atom. The topological polar surface area (TPSA) is 63.8 Å². The van der Waals surface area contributed by atoms with Crippen molar-refractivity contribution in [1.29, 1.82) is 0 Å². The van der Waals surface area contributed by atoms with Crippen molar-refractivity contribution in [3.05, 3.63) is 46.2 Å². The van der Waals surface area contributed by atoms with Gasteiger partial charge in [-0.15, -0.1) is 0 Å². The lowest BCUT2D eigenvalue weighted by molar-refractivity contribution is 0.774. The van der Waals surface area contributed by atoms with Gasteiger partial charge in [-0.1, -0.05) is 37.6 Å². The van der Waals surface area contributed by atoms with Crippen molar-refractivity contribution in [2.24, 2.45) is 0 Å². The monoisotopic (exact) mass is 290 g/mol. The molecule has 4 nitrogen and oxygen atoms in total. The number of anilines is 2. The van der Waals surface area contributed by atoms with Crippen LogP contribution in [0.3, 0.4) is 0 Å². The van der Waals surface area contributed by atoms with Crippen LogP contribution in [0.25, 0.3) is 0 Å². The summed E-state index contributed by atoms with van der Waals surface area (Å²) < 4.78 is 0. The summed E-state index contributed by atoms with van der Waals surface area (Å²) in [5.74, 6) is 2.32. The highest BCUT2D eigenvalue weighted by Gasteiger charge is 2.10. The minimum Gasteiger partial charge on any atom is -0.383 e. The number of aromatic nitrogens is 2. The lowest BCUT2D eigenvalue weighted by Gasteiger charge is -2.13. The van der Waals surface area contributed by atoms with E-state index in [0.717, 1.165) is 27.8 Å². The standard InChI is InChI=1S/C15H19ClN4/c1-9(2)14-19-13(17)10(3)15(20-14)18-8-11-4-6-12(16)7-5-11/h4-7,9H,8H2,1-3H3,(H3,17,18,19,20). The van der Waals surface area contributed by atoms with Crippen LogP contribution in [-0.4, -0.2) is 9.97 Å². The number of benzene rings is 1. The highest BCUT2D eigenvalue weighted by Crippen LogP contribution is 2.21. The van der Waals surface area contributed by atoms with E-state index >= 15 is 0 Å². The Balaban J connectivity index is 2.18. The number of hydrogen-bond acceptors (Lipinski definition) is 4. The quantitative estimate of drug-likeness (QED) is 0.900. The molecule has 1 aromatic heterocycles. The molecule has 0 spiro atoms. The average Bonchev–Trinajstić information content (AvgIpc) is 2.42. The summed E-state index contributed by atoms with van der Waals surface area (Å²) in [5, 5.41) is 4.05. The molecule has 3 N–H and O–H groups in total. The predicted octanol–water partition coefficient (Wildman–Crippen LogP) is 3.76. The third-order valence-electron chi connectivity index (χ3n) is 3.09. The van der Waals surface area contributed by atoms with Crippen LogP contribution < -0.4 is 11.1 Å². The van der Waals surface area contributed by atoms with Crippen molar-refractivity contribution in [1.82, 2.24) is 9.97 Å². The van der Waals surface area contributed by atoms with E-state index in [1.807, 2.05) is 45.0 Å². The van der Waals surface area contributed by atoms with Crippen molar-refractivity contribution >= 4 is 23.2 Å². The Morgan fingerprint density at radius 1 is 1.20 bits per heavy atom. The van der Waals surface area contributed by atoms with Gasteiger partial charge < -0.3 is 11.1 Å². The Labute approximate surface area is 124 Å². The lowest BCUT2D eigenvalue weighted by atomic mass is 10.2. The number of nitrogens with zero attached hydrogens (tertiary/aromatic N) is 2. The zero-order chi connectivity index (χ0) is 14.7. The first kappa shape index (κ1) is 14.6. The molecule has 0 amide bonds. The maximum absolute atomic E-state index is 5.94. The van der Waals surface area contributed by atoms with E-state index in [1.165, 1.54) is 0 Å². The van der Waals surface area contributed by atoms with Crippen molar-refractivity contribution in [3.63, 3.8) is 0 Å². The molecule has 0 unspecified atom stereocenters. The zero-order valence-electron chi connectivity index (χ0n) is 11.9. The zero-order valence-corrected chi connectivity index (χ0v) is 12.7. The fraction of sp³-hybridized carbons (Fsp3) is 0.333. The first-order valence-corrected chi connectivity index (χ1v) is 6.97. The van der Waals surface area contributed by atoms with Crippen LogP contribution in [-0.2, 0) is 6.54 Å². The molecule has 2 aromatic rings. The second-order valence-corrected chi connectivity index (χ2v) is 5.51. The maximum Gasteiger partial charge on any atom is 0.135 e.